The molecule has 35 heavy (non-hydrogen) atoms. The molecule has 0 bridgehead atoms. The molecule has 0 aliphatic heterocycles. The van der Waals surface area contributed by atoms with Gasteiger partial charge in [0.15, 0.2) is 0 Å². The van der Waals surface area contributed by atoms with Crippen molar-refractivity contribution in [1.82, 2.24) is 0 Å². The molecule has 0 unspecified atom stereocenters. The molecule has 0 spiro atoms. The molecular formula is C31H32O3Sn. The van der Waals surface area contributed by atoms with Crippen LogP contribution in [0.3, 0.4) is 0 Å². The second kappa shape index (κ2) is 12.6. The van der Waals surface area contributed by atoms with Gasteiger partial charge in [-0.2, -0.15) is 0 Å². The van der Waals surface area contributed by atoms with Crippen LogP contribution in [-0.2, 0) is 0 Å². The first-order valence-corrected chi connectivity index (χ1v) is 16.2. The van der Waals surface area contributed by atoms with Gasteiger partial charge in [-0.25, -0.2) is 0 Å². The zero-order chi connectivity index (χ0) is 25.4. The standard InChI is InChI=1S/C13H18O3.3C6H5.Sn/c1-7(2)9-5-10(8(3)4)12(14)11(6-9)13(15)16;3*1-2-4-6-5-3-1;/h5-8,14H,1-4H3,(H,15,16);3*1-5H;/q;;;;+1/p-1. The number of carboxylic acids is 1. The summed E-state index contributed by atoms with van der Waals surface area (Å²) >= 11 is -1.98. The molecule has 4 heteroatoms. The van der Waals surface area contributed by atoms with Crippen molar-refractivity contribution in [3.63, 3.8) is 0 Å². The number of hydrogen-bond acceptors (Lipinski definition) is 3. The predicted octanol–water partition coefficient (Wildman–Crippen LogP) is 4.21. The topological polar surface area (TPSA) is 60.4 Å². The minimum absolute atomic E-state index is 0.0804. The van der Waals surface area contributed by atoms with Crippen LogP contribution >= 0.6 is 0 Å². The van der Waals surface area contributed by atoms with Gasteiger partial charge in [-0.3, -0.25) is 0 Å². The monoisotopic (exact) mass is 572 g/mol. The summed E-state index contributed by atoms with van der Waals surface area (Å²) in [6.07, 6.45) is 0. The predicted molar refractivity (Wildman–Crippen MR) is 145 cm³/mol. The van der Waals surface area contributed by atoms with Crippen LogP contribution in [0.4, 0.5) is 0 Å². The number of hydrogen-bond donors (Lipinski definition) is 1. The Morgan fingerprint density at radius 2 is 1.09 bits per heavy atom. The number of aromatic carboxylic acids is 1. The Kier molecular flexibility index (Phi) is 9.55. The van der Waals surface area contributed by atoms with Crippen molar-refractivity contribution >= 4 is 36.5 Å². The first-order valence-electron chi connectivity index (χ1n) is 11.9. The Bertz CT molecular complexity index is 1130. The summed E-state index contributed by atoms with van der Waals surface area (Å²) in [6, 6.07) is 36.3. The summed E-state index contributed by atoms with van der Waals surface area (Å²) in [5, 5.41) is 20.7. The zero-order valence-electron chi connectivity index (χ0n) is 20.7. The van der Waals surface area contributed by atoms with Gasteiger partial charge in [0, 0.05) is 5.56 Å². The van der Waals surface area contributed by atoms with Gasteiger partial charge in [-0.05, 0) is 29.0 Å². The van der Waals surface area contributed by atoms with Crippen molar-refractivity contribution in [2.45, 2.75) is 39.5 Å². The third-order valence-electron chi connectivity index (χ3n) is 5.86. The van der Waals surface area contributed by atoms with Gasteiger partial charge in [0.05, 0.1) is 5.97 Å². The number of carbonyl (C=O) groups excluding carboxylic acids is 1. The van der Waals surface area contributed by atoms with Crippen LogP contribution in [0, 0.1) is 0 Å². The zero-order valence-corrected chi connectivity index (χ0v) is 23.6. The molecule has 0 heterocycles. The third-order valence-corrected chi connectivity index (χ3v) is 13.7. The molecular weight excluding hydrogens is 539 g/mol. The summed E-state index contributed by atoms with van der Waals surface area (Å²) in [5.74, 6) is -1.20. The van der Waals surface area contributed by atoms with Crippen molar-refractivity contribution in [1.29, 1.82) is 0 Å². The molecule has 1 N–H and O–H groups in total. The fourth-order valence-corrected chi connectivity index (χ4v) is 11.3. The van der Waals surface area contributed by atoms with Crippen molar-refractivity contribution in [3.8, 4) is 5.75 Å². The van der Waals surface area contributed by atoms with Crippen LogP contribution < -0.4 is 15.8 Å². The Labute approximate surface area is 215 Å². The van der Waals surface area contributed by atoms with Crippen molar-refractivity contribution in [3.05, 3.63) is 120 Å². The van der Waals surface area contributed by atoms with Crippen LogP contribution in [0.5, 0.6) is 5.75 Å². The number of phenols is 1. The maximum absolute atomic E-state index is 10.9. The molecule has 0 aromatic heterocycles. The molecule has 0 aliphatic carbocycles. The van der Waals surface area contributed by atoms with Crippen LogP contribution in [0.15, 0.2) is 103 Å². The summed E-state index contributed by atoms with van der Waals surface area (Å²) < 4.78 is 4.59. The molecule has 0 amide bonds. The van der Waals surface area contributed by atoms with Crippen LogP contribution in [0.1, 0.15) is 61.0 Å². The molecule has 3 nitrogen and oxygen atoms in total. The molecule has 0 atom stereocenters. The molecule has 0 aliphatic rings. The van der Waals surface area contributed by atoms with Crippen LogP contribution in [0.2, 0.25) is 0 Å². The number of aromatic hydroxyl groups is 1. The van der Waals surface area contributed by atoms with Crippen molar-refractivity contribution in [2.24, 2.45) is 0 Å². The number of carbonyl (C=O) groups is 1. The van der Waals surface area contributed by atoms with E-state index in [0.29, 0.717) is 5.56 Å². The van der Waals surface area contributed by atoms with Crippen molar-refractivity contribution in [2.75, 3.05) is 0 Å². The average Bonchev–Trinajstić information content (AvgIpc) is 2.86. The Morgan fingerprint density at radius 1 is 0.686 bits per heavy atom. The van der Waals surface area contributed by atoms with E-state index in [9.17, 15) is 15.0 Å². The summed E-state index contributed by atoms with van der Waals surface area (Å²) in [4.78, 5) is 10.9. The second-order valence-electron chi connectivity index (χ2n) is 9.08. The van der Waals surface area contributed by atoms with E-state index in [4.69, 9.17) is 0 Å². The van der Waals surface area contributed by atoms with Gasteiger partial charge >= 0.3 is 121 Å². The van der Waals surface area contributed by atoms with Crippen LogP contribution in [0.25, 0.3) is 0 Å². The van der Waals surface area contributed by atoms with E-state index in [2.05, 4.69) is 91.0 Å². The van der Waals surface area contributed by atoms with E-state index < -0.39 is 25.7 Å². The number of benzene rings is 4. The molecule has 0 saturated carbocycles. The molecule has 0 fully saturated rings. The average molecular weight is 571 g/mol. The van der Waals surface area contributed by atoms with Gasteiger partial charge in [-0.1, -0.05) is 33.8 Å². The van der Waals surface area contributed by atoms with Gasteiger partial charge in [-0.15, -0.1) is 0 Å². The minimum atomic E-state index is -1.98. The van der Waals surface area contributed by atoms with Gasteiger partial charge < -0.3 is 15.0 Å². The summed E-state index contributed by atoms with van der Waals surface area (Å²) in [7, 11) is 0. The first kappa shape index (κ1) is 26.6. The number of rotatable bonds is 6. The van der Waals surface area contributed by atoms with Gasteiger partial charge in [0.25, 0.3) is 0 Å². The first-order chi connectivity index (χ1) is 16.8. The molecule has 4 rings (SSSR count). The number of carboxylic acid groups (broad SMARTS) is 1. The summed E-state index contributed by atoms with van der Waals surface area (Å²) in [6.45, 7) is 7.79. The quantitative estimate of drug-likeness (QED) is 0.353. The van der Waals surface area contributed by atoms with Crippen LogP contribution in [-0.4, -0.2) is 30.8 Å². The van der Waals surface area contributed by atoms with E-state index in [1.165, 1.54) is 16.8 Å². The van der Waals surface area contributed by atoms with Crippen molar-refractivity contribution < 1.29 is 15.0 Å². The molecule has 0 saturated heterocycles. The maximum atomic E-state index is 10.9. The van der Waals surface area contributed by atoms with E-state index in [0.717, 1.165) is 5.56 Å². The van der Waals surface area contributed by atoms with E-state index in [1.807, 2.05) is 33.8 Å². The SMILES string of the molecule is CC(C)c1cc(C(=O)[O-])c(O)c(C(C)C)c1.c1cc[c]([Sn+]([c]2ccccc2)[c]2ccccc2)cc1. The van der Waals surface area contributed by atoms with E-state index in [-0.39, 0.29) is 23.1 Å². The van der Waals surface area contributed by atoms with E-state index >= 15 is 0 Å². The van der Waals surface area contributed by atoms with Gasteiger partial charge in [0.2, 0.25) is 0 Å². The fraction of sp³-hybridized carbons (Fsp3) is 0.194. The Balaban J connectivity index is 0.000000199. The molecule has 0 radical (unpaired) electrons. The van der Waals surface area contributed by atoms with E-state index in [1.54, 1.807) is 0 Å². The Hall–Kier alpha value is -3.05. The third kappa shape index (κ3) is 6.98. The Morgan fingerprint density at radius 3 is 1.40 bits per heavy atom. The normalized spacial score (nSPS) is 10.6. The molecule has 178 valence electrons. The molecule has 4 aromatic carbocycles. The second-order valence-corrected chi connectivity index (χ2v) is 16.2. The summed E-state index contributed by atoms with van der Waals surface area (Å²) in [5.41, 5.74) is 1.45. The fourth-order valence-electron chi connectivity index (χ4n) is 3.92. The molecule has 4 aromatic rings. The van der Waals surface area contributed by atoms with Gasteiger partial charge in [0.1, 0.15) is 5.75 Å².